The van der Waals surface area contributed by atoms with Gasteiger partial charge in [-0.2, -0.15) is 0 Å². The normalized spacial score (nSPS) is 16.7. The van der Waals surface area contributed by atoms with E-state index in [2.05, 4.69) is 16.0 Å². The summed E-state index contributed by atoms with van der Waals surface area (Å²) in [6.07, 6.45) is 10.2. The Balaban J connectivity index is 1.89. The van der Waals surface area contributed by atoms with Crippen LogP contribution in [0.4, 0.5) is 5.69 Å². The van der Waals surface area contributed by atoms with Crippen LogP contribution in [0.25, 0.3) is 20.4 Å². The summed E-state index contributed by atoms with van der Waals surface area (Å²) >= 11 is 1.49. The summed E-state index contributed by atoms with van der Waals surface area (Å²) in [5, 5.41) is 1.00. The number of nitrogens with zero attached hydrogens (tertiary/aromatic N) is 4. The molecule has 1 saturated carbocycles. The van der Waals surface area contributed by atoms with Crippen LogP contribution in [0, 0.1) is 6.92 Å². The Hall–Kier alpha value is -1.95. The van der Waals surface area contributed by atoms with Crippen LogP contribution < -0.4 is 10.5 Å². The standard InChI is InChI=1S/C20H26N4OS/c1-13-11-15(23(2)3)16-17-18(26-19(16)22-13)20(25)24(12-21-17)14-9-7-5-4-6-8-10-14/h11-12,14H,4-10H2,1-3H3. The van der Waals surface area contributed by atoms with Gasteiger partial charge < -0.3 is 4.90 Å². The lowest BCUT2D eigenvalue weighted by Gasteiger charge is -2.21. The lowest BCUT2D eigenvalue weighted by Crippen LogP contribution is -2.25. The van der Waals surface area contributed by atoms with Crippen molar-refractivity contribution in [3.8, 4) is 0 Å². The van der Waals surface area contributed by atoms with Crippen molar-refractivity contribution < 1.29 is 0 Å². The number of hydrogen-bond donors (Lipinski definition) is 0. The molecule has 5 nitrogen and oxygen atoms in total. The number of pyridine rings is 1. The molecule has 3 heterocycles. The Morgan fingerprint density at radius 3 is 2.54 bits per heavy atom. The Kier molecular flexibility index (Phi) is 4.69. The number of rotatable bonds is 2. The molecular formula is C20H26N4OS. The molecule has 3 aromatic heterocycles. The molecule has 0 unspecified atom stereocenters. The van der Waals surface area contributed by atoms with E-state index in [1.54, 1.807) is 6.33 Å². The van der Waals surface area contributed by atoms with Crippen LogP contribution >= 0.6 is 11.3 Å². The van der Waals surface area contributed by atoms with Crippen molar-refractivity contribution in [2.75, 3.05) is 19.0 Å². The molecule has 0 saturated heterocycles. The van der Waals surface area contributed by atoms with E-state index in [1.807, 2.05) is 25.6 Å². The molecule has 4 rings (SSSR count). The first-order chi connectivity index (χ1) is 12.6. The van der Waals surface area contributed by atoms with Gasteiger partial charge in [0.25, 0.3) is 5.56 Å². The molecule has 0 atom stereocenters. The summed E-state index contributed by atoms with van der Waals surface area (Å²) in [5.74, 6) is 0. The van der Waals surface area contributed by atoms with Gasteiger partial charge in [-0.1, -0.05) is 32.1 Å². The third kappa shape index (κ3) is 3.00. The van der Waals surface area contributed by atoms with Crippen molar-refractivity contribution in [1.29, 1.82) is 0 Å². The van der Waals surface area contributed by atoms with Gasteiger partial charge in [0.1, 0.15) is 9.53 Å². The molecule has 0 aromatic carbocycles. The molecular weight excluding hydrogens is 344 g/mol. The predicted molar refractivity (Wildman–Crippen MR) is 110 cm³/mol. The molecule has 1 aliphatic rings. The minimum atomic E-state index is 0.103. The first kappa shape index (κ1) is 17.5. The summed E-state index contributed by atoms with van der Waals surface area (Å²) < 4.78 is 2.64. The molecule has 1 aliphatic carbocycles. The zero-order valence-corrected chi connectivity index (χ0v) is 16.6. The Labute approximate surface area is 157 Å². The number of aryl methyl sites for hydroxylation is 1. The fourth-order valence-corrected chi connectivity index (χ4v) is 5.20. The van der Waals surface area contributed by atoms with Crippen molar-refractivity contribution in [3.05, 3.63) is 28.4 Å². The number of fused-ring (bicyclic) bond motifs is 3. The minimum Gasteiger partial charge on any atom is -0.377 e. The van der Waals surface area contributed by atoms with E-state index in [4.69, 9.17) is 4.98 Å². The highest BCUT2D eigenvalue weighted by molar-refractivity contribution is 7.25. The zero-order chi connectivity index (χ0) is 18.3. The third-order valence-corrected chi connectivity index (χ3v) is 6.49. The molecule has 1 fully saturated rings. The van der Waals surface area contributed by atoms with Crippen molar-refractivity contribution >= 4 is 37.5 Å². The van der Waals surface area contributed by atoms with Crippen molar-refractivity contribution in [3.63, 3.8) is 0 Å². The maximum absolute atomic E-state index is 13.3. The molecule has 0 radical (unpaired) electrons. The van der Waals surface area contributed by atoms with Gasteiger partial charge in [-0.3, -0.25) is 9.36 Å². The summed E-state index contributed by atoms with van der Waals surface area (Å²) in [4.78, 5) is 25.6. The van der Waals surface area contributed by atoms with Gasteiger partial charge in [-0.05, 0) is 25.8 Å². The Bertz CT molecular complexity index is 996. The molecule has 0 bridgehead atoms. The van der Waals surface area contributed by atoms with E-state index in [-0.39, 0.29) is 11.6 Å². The molecule has 0 aliphatic heterocycles. The van der Waals surface area contributed by atoms with Crippen molar-refractivity contribution in [2.24, 2.45) is 0 Å². The van der Waals surface area contributed by atoms with E-state index in [0.29, 0.717) is 0 Å². The summed E-state index contributed by atoms with van der Waals surface area (Å²) in [6.45, 7) is 2.00. The Morgan fingerprint density at radius 2 is 1.85 bits per heavy atom. The topological polar surface area (TPSA) is 51.0 Å². The highest BCUT2D eigenvalue weighted by atomic mass is 32.1. The molecule has 3 aromatic rings. The lowest BCUT2D eigenvalue weighted by molar-refractivity contribution is 0.364. The fourth-order valence-electron chi connectivity index (χ4n) is 4.07. The van der Waals surface area contributed by atoms with Crippen LogP contribution in [-0.4, -0.2) is 28.6 Å². The van der Waals surface area contributed by atoms with Gasteiger partial charge in [0.05, 0.1) is 22.9 Å². The number of aromatic nitrogens is 3. The van der Waals surface area contributed by atoms with E-state index >= 15 is 0 Å². The minimum absolute atomic E-state index is 0.103. The van der Waals surface area contributed by atoms with Gasteiger partial charge >= 0.3 is 0 Å². The molecule has 26 heavy (non-hydrogen) atoms. The smallest absolute Gasteiger partial charge is 0.271 e. The SMILES string of the molecule is Cc1cc(N(C)C)c2c(n1)sc1c(=O)n(C3CCCCCCC3)cnc12. The molecule has 0 N–H and O–H groups in total. The van der Waals surface area contributed by atoms with Crippen LogP contribution in [0.5, 0.6) is 0 Å². The molecule has 0 amide bonds. The fraction of sp³-hybridized carbons (Fsp3) is 0.550. The van der Waals surface area contributed by atoms with Gasteiger partial charge in [-0.15, -0.1) is 11.3 Å². The highest BCUT2D eigenvalue weighted by Crippen LogP contribution is 2.36. The second-order valence-corrected chi connectivity index (χ2v) is 8.59. The second-order valence-electron chi connectivity index (χ2n) is 7.59. The maximum Gasteiger partial charge on any atom is 0.271 e. The van der Waals surface area contributed by atoms with Gasteiger partial charge in [-0.25, -0.2) is 9.97 Å². The molecule has 138 valence electrons. The van der Waals surface area contributed by atoms with E-state index in [1.165, 1.54) is 43.4 Å². The zero-order valence-electron chi connectivity index (χ0n) is 15.8. The Morgan fingerprint density at radius 1 is 1.15 bits per heavy atom. The van der Waals surface area contributed by atoms with E-state index < -0.39 is 0 Å². The van der Waals surface area contributed by atoms with Crippen LogP contribution in [-0.2, 0) is 0 Å². The predicted octanol–water partition coefficient (Wildman–Crippen LogP) is 4.67. The maximum atomic E-state index is 13.3. The van der Waals surface area contributed by atoms with Gasteiger partial charge in [0.15, 0.2) is 0 Å². The third-order valence-electron chi connectivity index (χ3n) is 5.43. The van der Waals surface area contributed by atoms with Gasteiger partial charge in [0.2, 0.25) is 0 Å². The largest absolute Gasteiger partial charge is 0.377 e. The average Bonchev–Trinajstić information content (AvgIpc) is 2.94. The van der Waals surface area contributed by atoms with Crippen LogP contribution in [0.2, 0.25) is 0 Å². The van der Waals surface area contributed by atoms with Crippen LogP contribution in [0.1, 0.15) is 56.7 Å². The van der Waals surface area contributed by atoms with Crippen LogP contribution in [0.15, 0.2) is 17.2 Å². The summed E-state index contributed by atoms with van der Waals surface area (Å²) in [6, 6.07) is 2.35. The number of anilines is 1. The number of hydrogen-bond acceptors (Lipinski definition) is 5. The summed E-state index contributed by atoms with van der Waals surface area (Å²) in [7, 11) is 4.04. The molecule has 0 spiro atoms. The number of thiophene rings is 1. The first-order valence-corrected chi connectivity index (χ1v) is 10.4. The van der Waals surface area contributed by atoms with Crippen molar-refractivity contribution in [1.82, 2.24) is 14.5 Å². The lowest BCUT2D eigenvalue weighted by atomic mass is 9.96. The summed E-state index contributed by atoms with van der Waals surface area (Å²) in [5.41, 5.74) is 2.95. The first-order valence-electron chi connectivity index (χ1n) is 9.54. The van der Waals surface area contributed by atoms with Gasteiger partial charge in [0, 0.05) is 25.8 Å². The van der Waals surface area contributed by atoms with Crippen molar-refractivity contribution in [2.45, 2.75) is 57.9 Å². The van der Waals surface area contributed by atoms with E-state index in [0.717, 1.165) is 44.7 Å². The van der Waals surface area contributed by atoms with E-state index in [9.17, 15) is 4.79 Å². The molecule has 6 heteroatoms. The quantitative estimate of drug-likeness (QED) is 0.658. The highest BCUT2D eigenvalue weighted by Gasteiger charge is 2.20. The van der Waals surface area contributed by atoms with Crippen LogP contribution in [0.3, 0.4) is 0 Å². The monoisotopic (exact) mass is 370 g/mol. The average molecular weight is 371 g/mol. The second kappa shape index (κ2) is 6.99.